The van der Waals surface area contributed by atoms with E-state index < -0.39 is 11.6 Å². The number of ether oxygens (including phenoxy) is 3. The van der Waals surface area contributed by atoms with Gasteiger partial charge in [-0.05, 0) is 69.9 Å². The number of carboxylic acid groups (broad SMARTS) is 1. The lowest BCUT2D eigenvalue weighted by Gasteiger charge is -2.33. The zero-order valence-electron chi connectivity index (χ0n) is 22.0. The van der Waals surface area contributed by atoms with Gasteiger partial charge >= 0.3 is 12.1 Å². The first-order chi connectivity index (χ1) is 17.6. The number of fused-ring (bicyclic) bond motifs is 1. The van der Waals surface area contributed by atoms with Gasteiger partial charge in [-0.3, -0.25) is 4.79 Å². The second-order valence-electron chi connectivity index (χ2n) is 10.6. The molecule has 0 bridgehead atoms. The summed E-state index contributed by atoms with van der Waals surface area (Å²) in [4.78, 5) is 30.4. The molecule has 0 fully saturated rings. The summed E-state index contributed by atoms with van der Waals surface area (Å²) in [5, 5.41) is 9.20. The van der Waals surface area contributed by atoms with Gasteiger partial charge in [-0.25, -0.2) is 9.79 Å². The summed E-state index contributed by atoms with van der Waals surface area (Å²) >= 11 is 0. The number of nitrogens with zero attached hydrogens (tertiary/aromatic N) is 2. The van der Waals surface area contributed by atoms with Crippen LogP contribution in [0.4, 0.5) is 4.79 Å². The van der Waals surface area contributed by atoms with Gasteiger partial charge in [0.1, 0.15) is 17.5 Å². The highest BCUT2D eigenvalue weighted by atomic mass is 16.6. The van der Waals surface area contributed by atoms with Crippen LogP contribution >= 0.6 is 0 Å². The Labute approximate surface area is 218 Å². The van der Waals surface area contributed by atoms with Crippen molar-refractivity contribution in [2.75, 3.05) is 13.2 Å². The van der Waals surface area contributed by atoms with Gasteiger partial charge in [0.05, 0.1) is 12.6 Å². The monoisotopic (exact) mass is 508 g/mol. The molecule has 2 atom stereocenters. The van der Waals surface area contributed by atoms with Crippen LogP contribution < -0.4 is 4.74 Å². The predicted molar refractivity (Wildman–Crippen MR) is 140 cm³/mol. The van der Waals surface area contributed by atoms with Crippen LogP contribution in [-0.4, -0.2) is 58.9 Å². The van der Waals surface area contributed by atoms with E-state index in [9.17, 15) is 14.7 Å². The predicted octanol–water partition coefficient (Wildman–Crippen LogP) is 5.00. The average molecular weight is 509 g/mol. The first-order valence-corrected chi connectivity index (χ1v) is 12.9. The van der Waals surface area contributed by atoms with E-state index in [0.29, 0.717) is 44.9 Å². The van der Waals surface area contributed by atoms with E-state index in [1.165, 1.54) is 0 Å². The molecule has 4 rings (SSSR count). The maximum atomic E-state index is 12.7. The molecule has 0 saturated heterocycles. The Bertz CT molecular complexity index is 1150. The fourth-order valence-corrected chi connectivity index (χ4v) is 4.65. The van der Waals surface area contributed by atoms with E-state index in [4.69, 9.17) is 19.2 Å². The maximum absolute atomic E-state index is 12.7. The zero-order valence-corrected chi connectivity index (χ0v) is 22.0. The number of aryl methyl sites for hydroxylation is 1. The average Bonchev–Trinajstić information content (AvgIpc) is 3.22. The van der Waals surface area contributed by atoms with Crippen LogP contribution in [0.3, 0.4) is 0 Å². The topological polar surface area (TPSA) is 97.7 Å². The van der Waals surface area contributed by atoms with Crippen molar-refractivity contribution in [2.24, 2.45) is 4.99 Å². The highest BCUT2D eigenvalue weighted by molar-refractivity contribution is 5.95. The number of carboxylic acids is 1. The van der Waals surface area contributed by atoms with Gasteiger partial charge in [0.25, 0.3) is 0 Å². The Kier molecular flexibility index (Phi) is 8.05. The van der Waals surface area contributed by atoms with Crippen molar-refractivity contribution in [1.82, 2.24) is 4.90 Å². The fourth-order valence-electron chi connectivity index (χ4n) is 4.65. The van der Waals surface area contributed by atoms with Crippen molar-refractivity contribution < 1.29 is 28.9 Å². The summed E-state index contributed by atoms with van der Waals surface area (Å²) < 4.78 is 17.8. The van der Waals surface area contributed by atoms with Gasteiger partial charge in [-0.15, -0.1) is 0 Å². The molecule has 2 unspecified atom stereocenters. The van der Waals surface area contributed by atoms with Crippen LogP contribution in [-0.2, 0) is 33.7 Å². The van der Waals surface area contributed by atoms with E-state index >= 15 is 0 Å². The molecule has 2 heterocycles. The third-order valence-electron chi connectivity index (χ3n) is 6.54. The number of hydrogen-bond acceptors (Lipinski definition) is 6. The quantitative estimate of drug-likeness (QED) is 0.539. The van der Waals surface area contributed by atoms with Crippen molar-refractivity contribution in [2.45, 2.75) is 77.7 Å². The lowest BCUT2D eigenvalue weighted by atomic mass is 9.92. The van der Waals surface area contributed by atoms with Crippen molar-refractivity contribution in [1.29, 1.82) is 0 Å². The Balaban J connectivity index is 1.46. The molecule has 1 amide bonds. The summed E-state index contributed by atoms with van der Waals surface area (Å²) in [5.41, 5.74) is 3.30. The minimum absolute atomic E-state index is 0.00327. The molecule has 0 saturated carbocycles. The standard InChI is InChI=1S/C29H36N2O6/c1-19-24(30-27(36-19)21-8-6-5-7-9-21)15-17-35-25-12-10-20(11-13-26(32)33)23-18-31(16-14-22(23)25)28(34)37-29(2,3)4/h5-10,12,19,24H,11,13-18H2,1-4H3,(H,32,33). The molecule has 0 aliphatic carbocycles. The van der Waals surface area contributed by atoms with Crippen molar-refractivity contribution in [3.63, 3.8) is 0 Å². The smallest absolute Gasteiger partial charge is 0.410 e. The van der Waals surface area contributed by atoms with Crippen molar-refractivity contribution >= 4 is 18.0 Å². The lowest BCUT2D eigenvalue weighted by Crippen LogP contribution is -2.40. The van der Waals surface area contributed by atoms with Crippen LogP contribution in [0.1, 0.15) is 62.8 Å². The number of carbonyl (C=O) groups is 2. The number of aliphatic imine (C=N–C) groups is 1. The summed E-state index contributed by atoms with van der Waals surface area (Å²) in [5.74, 6) is 0.592. The Hall–Kier alpha value is -3.55. The van der Waals surface area contributed by atoms with Crippen molar-refractivity contribution in [3.8, 4) is 5.75 Å². The first-order valence-electron chi connectivity index (χ1n) is 12.9. The third kappa shape index (κ3) is 6.81. The van der Waals surface area contributed by atoms with E-state index in [1.807, 2.05) is 70.2 Å². The minimum Gasteiger partial charge on any atom is -0.493 e. The Morgan fingerprint density at radius 2 is 1.89 bits per heavy atom. The second-order valence-corrected chi connectivity index (χ2v) is 10.6. The molecular weight excluding hydrogens is 472 g/mol. The molecule has 0 spiro atoms. The van der Waals surface area contributed by atoms with Crippen LogP contribution in [0.5, 0.6) is 5.75 Å². The maximum Gasteiger partial charge on any atom is 0.410 e. The van der Waals surface area contributed by atoms with Crippen LogP contribution in [0.15, 0.2) is 47.5 Å². The first kappa shape index (κ1) is 26.5. The lowest BCUT2D eigenvalue weighted by molar-refractivity contribution is -0.136. The molecule has 2 aromatic rings. The molecule has 37 heavy (non-hydrogen) atoms. The zero-order chi connectivity index (χ0) is 26.6. The minimum atomic E-state index is -0.850. The van der Waals surface area contributed by atoms with Gasteiger partial charge in [0, 0.05) is 37.1 Å². The van der Waals surface area contributed by atoms with Crippen LogP contribution in [0, 0.1) is 0 Å². The van der Waals surface area contributed by atoms with Crippen molar-refractivity contribution in [3.05, 3.63) is 64.7 Å². The fraction of sp³-hybridized carbons (Fsp3) is 0.483. The molecule has 0 radical (unpaired) electrons. The van der Waals surface area contributed by atoms with Gasteiger partial charge in [0.2, 0.25) is 5.90 Å². The molecule has 8 nitrogen and oxygen atoms in total. The number of rotatable bonds is 8. The summed E-state index contributed by atoms with van der Waals surface area (Å²) in [6.07, 6.45) is 1.35. The number of carbonyl (C=O) groups excluding carboxylic acids is 1. The summed E-state index contributed by atoms with van der Waals surface area (Å²) in [6.45, 7) is 8.91. The highest BCUT2D eigenvalue weighted by Crippen LogP contribution is 2.33. The van der Waals surface area contributed by atoms with E-state index in [0.717, 1.165) is 28.0 Å². The van der Waals surface area contributed by atoms with E-state index in [1.54, 1.807) is 4.90 Å². The molecule has 2 aromatic carbocycles. The van der Waals surface area contributed by atoms with Gasteiger partial charge < -0.3 is 24.2 Å². The van der Waals surface area contributed by atoms with E-state index in [2.05, 4.69) is 0 Å². The molecule has 2 aliphatic heterocycles. The normalized spacial score (nSPS) is 19.0. The second kappa shape index (κ2) is 11.2. The van der Waals surface area contributed by atoms with E-state index in [-0.39, 0.29) is 24.7 Å². The molecule has 2 aliphatic rings. The summed E-state index contributed by atoms with van der Waals surface area (Å²) in [7, 11) is 0. The van der Waals surface area contributed by atoms with Crippen LogP contribution in [0.2, 0.25) is 0 Å². The number of benzene rings is 2. The molecule has 8 heteroatoms. The number of aliphatic carboxylic acids is 1. The molecule has 1 N–H and O–H groups in total. The largest absolute Gasteiger partial charge is 0.493 e. The Morgan fingerprint density at radius 3 is 2.59 bits per heavy atom. The number of amides is 1. The van der Waals surface area contributed by atoms with Gasteiger partial charge in [-0.2, -0.15) is 0 Å². The number of hydrogen-bond donors (Lipinski definition) is 1. The Morgan fingerprint density at radius 1 is 1.14 bits per heavy atom. The van der Waals surface area contributed by atoms with Gasteiger partial charge in [0.15, 0.2) is 0 Å². The van der Waals surface area contributed by atoms with Crippen LogP contribution in [0.25, 0.3) is 0 Å². The van der Waals surface area contributed by atoms with Gasteiger partial charge in [-0.1, -0.05) is 24.3 Å². The molecule has 198 valence electrons. The highest BCUT2D eigenvalue weighted by Gasteiger charge is 2.30. The molecular formula is C29H36N2O6. The summed E-state index contributed by atoms with van der Waals surface area (Å²) in [6, 6.07) is 13.7. The SMILES string of the molecule is CC1OC(c2ccccc2)=NC1CCOc1ccc(CCC(=O)O)c2c1CCN(C(=O)OC(C)(C)C)C2. The molecule has 0 aromatic heterocycles. The third-order valence-corrected chi connectivity index (χ3v) is 6.54.